The number of benzene rings is 2. The van der Waals surface area contributed by atoms with E-state index in [0.29, 0.717) is 13.1 Å². The second kappa shape index (κ2) is 9.21. The van der Waals surface area contributed by atoms with Gasteiger partial charge in [0, 0.05) is 32.1 Å². The summed E-state index contributed by atoms with van der Waals surface area (Å²) < 4.78 is 5.15. The third kappa shape index (κ3) is 5.84. The molecule has 0 radical (unpaired) electrons. The van der Waals surface area contributed by atoms with Crippen LogP contribution in [0.25, 0.3) is 0 Å². The Labute approximate surface area is 161 Å². The first-order chi connectivity index (χ1) is 12.8. The van der Waals surface area contributed by atoms with Crippen molar-refractivity contribution < 1.29 is 14.3 Å². The molecule has 2 aromatic rings. The summed E-state index contributed by atoms with van der Waals surface area (Å²) in [5, 5.41) is 2.99. The first-order valence-corrected chi connectivity index (χ1v) is 9.06. The molecule has 0 aliphatic rings. The van der Waals surface area contributed by atoms with Gasteiger partial charge in [0.05, 0.1) is 7.11 Å². The lowest BCUT2D eigenvalue weighted by Gasteiger charge is -2.21. The van der Waals surface area contributed by atoms with E-state index in [1.165, 1.54) is 12.5 Å². The highest BCUT2D eigenvalue weighted by atomic mass is 16.5. The highest BCUT2D eigenvalue weighted by Gasteiger charge is 2.13. The Kier molecular flexibility index (Phi) is 6.99. The minimum Gasteiger partial charge on any atom is -0.497 e. The van der Waals surface area contributed by atoms with Crippen molar-refractivity contribution in [3.8, 4) is 5.75 Å². The summed E-state index contributed by atoms with van der Waals surface area (Å²) in [4.78, 5) is 26.0. The number of methoxy groups -OCH3 is 1. The van der Waals surface area contributed by atoms with Crippen molar-refractivity contribution in [2.75, 3.05) is 19.0 Å². The molecule has 144 valence electrons. The van der Waals surface area contributed by atoms with Gasteiger partial charge in [-0.2, -0.15) is 0 Å². The van der Waals surface area contributed by atoms with Crippen LogP contribution in [0.2, 0.25) is 0 Å². The number of ether oxygens (including phenoxy) is 1. The Bertz CT molecular complexity index is 790. The van der Waals surface area contributed by atoms with Crippen molar-refractivity contribution in [3.63, 3.8) is 0 Å². The van der Waals surface area contributed by atoms with E-state index >= 15 is 0 Å². The van der Waals surface area contributed by atoms with Crippen LogP contribution >= 0.6 is 0 Å². The topological polar surface area (TPSA) is 58.6 Å². The molecular weight excluding hydrogens is 340 g/mol. The average Bonchev–Trinajstić information content (AvgIpc) is 2.61. The van der Waals surface area contributed by atoms with Gasteiger partial charge in [-0.15, -0.1) is 0 Å². The van der Waals surface area contributed by atoms with Crippen molar-refractivity contribution in [1.29, 1.82) is 0 Å². The third-order valence-electron chi connectivity index (χ3n) is 4.53. The van der Waals surface area contributed by atoms with Crippen molar-refractivity contribution in [3.05, 3.63) is 58.7 Å². The van der Waals surface area contributed by atoms with E-state index in [4.69, 9.17) is 4.74 Å². The predicted octanol–water partition coefficient (Wildman–Crippen LogP) is 4.00. The standard InChI is InChI=1S/C22H28N2O3/c1-15-12-16(2)22(17(3)13-15)23-21(26)10-11-24(18(4)25)14-19-6-8-20(27-5)9-7-19/h6-9,12-13H,10-11,14H2,1-5H3,(H,23,26). The number of anilines is 1. The molecule has 2 aromatic carbocycles. The molecule has 0 heterocycles. The van der Waals surface area contributed by atoms with Crippen LogP contribution in [0.1, 0.15) is 35.6 Å². The molecule has 0 spiro atoms. The molecule has 0 aliphatic carbocycles. The molecule has 0 atom stereocenters. The SMILES string of the molecule is COc1ccc(CN(CCC(=O)Nc2c(C)cc(C)cc2C)C(C)=O)cc1. The summed E-state index contributed by atoms with van der Waals surface area (Å²) in [5.41, 5.74) is 5.11. The van der Waals surface area contributed by atoms with E-state index in [1.54, 1.807) is 12.0 Å². The van der Waals surface area contributed by atoms with Crippen molar-refractivity contribution in [1.82, 2.24) is 4.90 Å². The lowest BCUT2D eigenvalue weighted by Crippen LogP contribution is -2.31. The largest absolute Gasteiger partial charge is 0.497 e. The second-order valence-corrected chi connectivity index (χ2v) is 6.86. The van der Waals surface area contributed by atoms with Gasteiger partial charge in [-0.05, 0) is 49.6 Å². The van der Waals surface area contributed by atoms with Gasteiger partial charge in [0.15, 0.2) is 0 Å². The molecule has 0 saturated carbocycles. The summed E-state index contributed by atoms with van der Waals surface area (Å²) in [5.74, 6) is 0.628. The Morgan fingerprint density at radius 1 is 1.04 bits per heavy atom. The number of aryl methyl sites for hydroxylation is 3. The number of nitrogens with one attached hydrogen (secondary N) is 1. The molecule has 1 N–H and O–H groups in total. The van der Waals surface area contributed by atoms with E-state index in [-0.39, 0.29) is 18.2 Å². The van der Waals surface area contributed by atoms with Crippen LogP contribution in [-0.4, -0.2) is 30.4 Å². The number of rotatable bonds is 7. The molecule has 0 unspecified atom stereocenters. The maximum atomic E-state index is 12.4. The quantitative estimate of drug-likeness (QED) is 0.804. The lowest BCUT2D eigenvalue weighted by molar-refractivity contribution is -0.129. The van der Waals surface area contributed by atoms with E-state index in [1.807, 2.05) is 57.2 Å². The summed E-state index contributed by atoms with van der Waals surface area (Å²) in [6.45, 7) is 8.37. The fourth-order valence-corrected chi connectivity index (χ4v) is 3.11. The average molecular weight is 368 g/mol. The number of nitrogens with zero attached hydrogens (tertiary/aromatic N) is 1. The van der Waals surface area contributed by atoms with Gasteiger partial charge in [0.25, 0.3) is 0 Å². The first kappa shape index (κ1) is 20.5. The smallest absolute Gasteiger partial charge is 0.226 e. The molecule has 0 saturated heterocycles. The molecule has 2 rings (SSSR count). The Morgan fingerprint density at radius 3 is 2.15 bits per heavy atom. The minimum absolute atomic E-state index is 0.0543. The van der Waals surface area contributed by atoms with Crippen LogP contribution in [0.4, 0.5) is 5.69 Å². The number of hydrogen-bond donors (Lipinski definition) is 1. The van der Waals surface area contributed by atoms with Gasteiger partial charge in [-0.1, -0.05) is 29.8 Å². The van der Waals surface area contributed by atoms with Gasteiger partial charge in [0.1, 0.15) is 5.75 Å². The van der Waals surface area contributed by atoms with Crippen LogP contribution in [0, 0.1) is 20.8 Å². The monoisotopic (exact) mass is 368 g/mol. The van der Waals surface area contributed by atoms with Crippen LogP contribution in [-0.2, 0) is 16.1 Å². The maximum Gasteiger partial charge on any atom is 0.226 e. The Balaban J connectivity index is 1.97. The third-order valence-corrected chi connectivity index (χ3v) is 4.53. The fourth-order valence-electron chi connectivity index (χ4n) is 3.11. The molecule has 5 heteroatoms. The molecule has 0 fully saturated rings. The van der Waals surface area contributed by atoms with Gasteiger partial charge < -0.3 is 15.0 Å². The zero-order valence-electron chi connectivity index (χ0n) is 16.8. The van der Waals surface area contributed by atoms with Gasteiger partial charge >= 0.3 is 0 Å². The summed E-state index contributed by atoms with van der Waals surface area (Å²) in [7, 11) is 1.62. The molecule has 0 aliphatic heterocycles. The second-order valence-electron chi connectivity index (χ2n) is 6.86. The zero-order valence-corrected chi connectivity index (χ0v) is 16.8. The number of carbonyl (C=O) groups is 2. The number of hydrogen-bond acceptors (Lipinski definition) is 3. The molecular formula is C22H28N2O3. The van der Waals surface area contributed by atoms with Crippen LogP contribution < -0.4 is 10.1 Å². The van der Waals surface area contributed by atoms with Crippen molar-refractivity contribution >= 4 is 17.5 Å². The van der Waals surface area contributed by atoms with Crippen LogP contribution in [0.5, 0.6) is 5.75 Å². The molecule has 27 heavy (non-hydrogen) atoms. The van der Waals surface area contributed by atoms with E-state index in [0.717, 1.165) is 28.1 Å². The highest BCUT2D eigenvalue weighted by molar-refractivity contribution is 5.92. The first-order valence-electron chi connectivity index (χ1n) is 9.06. The zero-order chi connectivity index (χ0) is 20.0. The van der Waals surface area contributed by atoms with Crippen LogP contribution in [0.3, 0.4) is 0 Å². The fraction of sp³-hybridized carbons (Fsp3) is 0.364. The van der Waals surface area contributed by atoms with Crippen molar-refractivity contribution in [2.45, 2.75) is 40.7 Å². The maximum absolute atomic E-state index is 12.4. The molecule has 0 bridgehead atoms. The predicted molar refractivity (Wildman–Crippen MR) is 108 cm³/mol. The molecule has 5 nitrogen and oxygen atoms in total. The molecule has 0 aromatic heterocycles. The summed E-state index contributed by atoms with van der Waals surface area (Å²) in [6, 6.07) is 11.7. The minimum atomic E-state index is -0.0916. The number of carbonyl (C=O) groups excluding carboxylic acids is 2. The summed E-state index contributed by atoms with van der Waals surface area (Å²) >= 11 is 0. The van der Waals surface area contributed by atoms with Gasteiger partial charge in [-0.3, -0.25) is 9.59 Å². The Hall–Kier alpha value is -2.82. The number of amides is 2. The Morgan fingerprint density at radius 2 is 1.63 bits per heavy atom. The van der Waals surface area contributed by atoms with Gasteiger partial charge in [0.2, 0.25) is 11.8 Å². The van der Waals surface area contributed by atoms with E-state index < -0.39 is 0 Å². The van der Waals surface area contributed by atoms with E-state index in [2.05, 4.69) is 5.32 Å². The highest BCUT2D eigenvalue weighted by Crippen LogP contribution is 2.22. The van der Waals surface area contributed by atoms with E-state index in [9.17, 15) is 9.59 Å². The molecule has 2 amide bonds. The lowest BCUT2D eigenvalue weighted by atomic mass is 10.0. The normalized spacial score (nSPS) is 10.4. The summed E-state index contributed by atoms with van der Waals surface area (Å²) in [6.07, 6.45) is 0.252. The van der Waals surface area contributed by atoms with Gasteiger partial charge in [-0.25, -0.2) is 0 Å². The van der Waals surface area contributed by atoms with Crippen molar-refractivity contribution in [2.24, 2.45) is 0 Å². The van der Waals surface area contributed by atoms with Crippen LogP contribution in [0.15, 0.2) is 36.4 Å².